The summed E-state index contributed by atoms with van der Waals surface area (Å²) in [6.45, 7) is 18.4. The molecular weight excluding hydrogens is 544 g/mol. The van der Waals surface area contributed by atoms with Crippen LogP contribution >= 0.6 is 0 Å². The fourth-order valence-electron chi connectivity index (χ4n) is 7.64. The highest BCUT2D eigenvalue weighted by Crippen LogP contribution is 2.45. The summed E-state index contributed by atoms with van der Waals surface area (Å²) < 4.78 is 1.64. The first-order valence-electron chi connectivity index (χ1n) is 19.2. The van der Waals surface area contributed by atoms with E-state index in [1.165, 1.54) is 95.9 Å². The molecule has 2 aromatic rings. The van der Waals surface area contributed by atoms with Gasteiger partial charge in [-0.25, -0.2) is 4.70 Å². The van der Waals surface area contributed by atoms with Crippen LogP contribution in [0, 0.1) is 0 Å². The number of nitrogens with zero attached hydrogens (tertiary/aromatic N) is 2. The van der Waals surface area contributed by atoms with Gasteiger partial charge >= 0.3 is 0 Å². The quantitative estimate of drug-likeness (QED) is 0.0992. The molecule has 0 atom stereocenters. The van der Waals surface area contributed by atoms with Gasteiger partial charge in [-0.1, -0.05) is 107 Å². The molecule has 0 radical (unpaired) electrons. The molecular formula is C43H66N2. The van der Waals surface area contributed by atoms with Gasteiger partial charge in [0, 0.05) is 22.3 Å². The van der Waals surface area contributed by atoms with Crippen LogP contribution in [-0.4, -0.2) is 4.70 Å². The highest BCUT2D eigenvalue weighted by molar-refractivity contribution is 5.83. The molecule has 1 heterocycles. The van der Waals surface area contributed by atoms with Crippen molar-refractivity contribution in [3.05, 3.63) is 85.5 Å². The summed E-state index contributed by atoms with van der Waals surface area (Å²) in [6, 6.07) is 9.82. The average Bonchev–Trinajstić information content (AvgIpc) is 3.31. The Hall–Kier alpha value is -2.48. The van der Waals surface area contributed by atoms with Crippen molar-refractivity contribution in [2.45, 2.75) is 177 Å². The first kappa shape index (κ1) is 37.0. The molecule has 3 rings (SSSR count). The van der Waals surface area contributed by atoms with E-state index in [0.29, 0.717) is 0 Å². The number of rotatable bonds is 21. The van der Waals surface area contributed by atoms with Crippen LogP contribution in [-0.2, 0) is 38.5 Å². The maximum absolute atomic E-state index is 12.4. The zero-order valence-electron chi connectivity index (χ0n) is 30.6. The van der Waals surface area contributed by atoms with Crippen molar-refractivity contribution in [2.24, 2.45) is 0 Å². The second-order valence-corrected chi connectivity index (χ2v) is 13.5. The molecule has 0 N–H and O–H groups in total. The number of hydrogen-bond donors (Lipinski definition) is 0. The van der Waals surface area contributed by atoms with E-state index < -0.39 is 0 Å². The molecule has 0 fully saturated rings. The van der Waals surface area contributed by atoms with Crippen LogP contribution in [0.25, 0.3) is 16.9 Å². The Bertz CT molecular complexity index is 1270. The van der Waals surface area contributed by atoms with E-state index in [2.05, 4.69) is 79.7 Å². The Morgan fingerprint density at radius 3 is 1.13 bits per heavy atom. The fraction of sp³-hybridized carbons (Fsp3) is 0.628. The third kappa shape index (κ3) is 9.08. The summed E-state index contributed by atoms with van der Waals surface area (Å²) in [4.78, 5) is 0. The van der Waals surface area contributed by atoms with Crippen molar-refractivity contribution in [1.29, 1.82) is 0 Å². The van der Waals surface area contributed by atoms with Gasteiger partial charge in [0.1, 0.15) is 0 Å². The lowest BCUT2D eigenvalue weighted by Gasteiger charge is -2.19. The summed E-state index contributed by atoms with van der Waals surface area (Å²) in [6.07, 6.45) is 21.8. The van der Waals surface area contributed by atoms with E-state index in [-0.39, 0.29) is 0 Å². The van der Waals surface area contributed by atoms with E-state index in [1.54, 1.807) is 15.8 Å². The molecule has 0 aliphatic carbocycles. The van der Waals surface area contributed by atoms with Crippen LogP contribution in [0.1, 0.15) is 183 Å². The van der Waals surface area contributed by atoms with Gasteiger partial charge in [0.15, 0.2) is 0 Å². The standard InChI is InChI=1S/C43H66N2/c1-9-17-20-27-41-38(16-8)42(36-28-32(21-12-4)39(25-18-10-2)33(29-36)22-13-5)45(44)43(41)37-30-34(23-14-6)40(26-19-11-3)35(31-37)24-15-7/h28-31H,9-27H2,1-8H3. The molecule has 0 spiro atoms. The summed E-state index contributed by atoms with van der Waals surface area (Å²) in [7, 11) is 0. The molecule has 0 aromatic heterocycles. The van der Waals surface area contributed by atoms with Gasteiger partial charge in [0.2, 0.25) is 11.4 Å². The van der Waals surface area contributed by atoms with Crippen LogP contribution in [0.4, 0.5) is 0 Å². The van der Waals surface area contributed by atoms with Crippen molar-refractivity contribution in [3.63, 3.8) is 0 Å². The molecule has 0 bridgehead atoms. The summed E-state index contributed by atoms with van der Waals surface area (Å²) >= 11 is 0. The van der Waals surface area contributed by atoms with Gasteiger partial charge in [0.25, 0.3) is 0 Å². The smallest absolute Gasteiger partial charge is 0.211 e. The van der Waals surface area contributed by atoms with Gasteiger partial charge < -0.3 is 5.53 Å². The maximum atomic E-state index is 12.4. The maximum Gasteiger partial charge on any atom is 0.211 e. The van der Waals surface area contributed by atoms with Crippen molar-refractivity contribution < 1.29 is 4.70 Å². The molecule has 0 amide bonds. The van der Waals surface area contributed by atoms with Crippen LogP contribution in [0.2, 0.25) is 0 Å². The third-order valence-corrected chi connectivity index (χ3v) is 9.80. The molecule has 45 heavy (non-hydrogen) atoms. The van der Waals surface area contributed by atoms with Crippen molar-refractivity contribution >= 4 is 11.4 Å². The zero-order valence-corrected chi connectivity index (χ0v) is 30.6. The summed E-state index contributed by atoms with van der Waals surface area (Å²) in [5, 5.41) is 0. The van der Waals surface area contributed by atoms with E-state index in [0.717, 1.165) is 82.0 Å². The largest absolute Gasteiger partial charge is 0.493 e. The Balaban J connectivity index is 2.28. The number of aryl methyl sites for hydroxylation is 4. The SMILES string of the molecule is CCCCCC1=C(c2cc(CCC)c(CCCC)c(CCC)c2)[N+](=[N-])C(c2cc(CCC)c(CCCC)c(CCC)c2)=C1CC. The Labute approximate surface area is 278 Å². The number of benzene rings is 2. The lowest BCUT2D eigenvalue weighted by atomic mass is 9.87. The van der Waals surface area contributed by atoms with Crippen LogP contribution < -0.4 is 0 Å². The van der Waals surface area contributed by atoms with Crippen LogP contribution in [0.5, 0.6) is 0 Å². The van der Waals surface area contributed by atoms with E-state index in [1.807, 2.05) is 0 Å². The lowest BCUT2D eigenvalue weighted by Crippen LogP contribution is -2.09. The van der Waals surface area contributed by atoms with Crippen molar-refractivity contribution in [3.8, 4) is 0 Å². The third-order valence-electron chi connectivity index (χ3n) is 9.80. The molecule has 0 saturated carbocycles. The van der Waals surface area contributed by atoms with Gasteiger partial charge in [-0.3, -0.25) is 0 Å². The first-order chi connectivity index (χ1) is 21.9. The minimum atomic E-state index is 0.930. The van der Waals surface area contributed by atoms with E-state index >= 15 is 0 Å². The molecule has 1 aliphatic heterocycles. The molecule has 0 unspecified atom stereocenters. The number of allylic oxidation sites excluding steroid dienone is 2. The fourth-order valence-corrected chi connectivity index (χ4v) is 7.64. The minimum Gasteiger partial charge on any atom is -0.493 e. The van der Waals surface area contributed by atoms with Gasteiger partial charge in [0.05, 0.1) is 0 Å². The van der Waals surface area contributed by atoms with Crippen molar-refractivity contribution in [1.82, 2.24) is 0 Å². The van der Waals surface area contributed by atoms with E-state index in [9.17, 15) is 5.53 Å². The second-order valence-electron chi connectivity index (χ2n) is 13.5. The predicted molar refractivity (Wildman–Crippen MR) is 198 cm³/mol. The second kappa shape index (κ2) is 19.2. The van der Waals surface area contributed by atoms with Gasteiger partial charge in [-0.05, 0) is 128 Å². The summed E-state index contributed by atoms with van der Waals surface area (Å²) in [5.74, 6) is 0. The van der Waals surface area contributed by atoms with E-state index in [4.69, 9.17) is 0 Å². The topological polar surface area (TPSA) is 25.3 Å². The Kier molecular flexibility index (Phi) is 15.8. The normalized spacial score (nSPS) is 13.6. The summed E-state index contributed by atoms with van der Waals surface area (Å²) in [5.41, 5.74) is 28.8. The first-order valence-corrected chi connectivity index (χ1v) is 19.2. The minimum absolute atomic E-state index is 0.930. The molecule has 2 heteroatoms. The predicted octanol–water partition coefficient (Wildman–Crippen LogP) is 13.3. The zero-order chi connectivity index (χ0) is 32.8. The molecule has 248 valence electrons. The molecule has 0 saturated heterocycles. The number of unbranched alkanes of at least 4 members (excludes halogenated alkanes) is 4. The molecule has 2 aromatic carbocycles. The molecule has 2 nitrogen and oxygen atoms in total. The van der Waals surface area contributed by atoms with Gasteiger partial charge in [-0.2, -0.15) is 0 Å². The Morgan fingerprint density at radius 1 is 0.422 bits per heavy atom. The molecule has 1 aliphatic rings. The lowest BCUT2D eigenvalue weighted by molar-refractivity contribution is -0.345. The van der Waals surface area contributed by atoms with Crippen LogP contribution in [0.3, 0.4) is 0 Å². The number of hydrogen-bond acceptors (Lipinski definition) is 0. The highest BCUT2D eigenvalue weighted by atomic mass is 15.2. The Morgan fingerprint density at radius 2 is 0.800 bits per heavy atom. The monoisotopic (exact) mass is 611 g/mol. The van der Waals surface area contributed by atoms with Gasteiger partial charge in [-0.15, -0.1) is 0 Å². The average molecular weight is 611 g/mol. The van der Waals surface area contributed by atoms with Crippen LogP contribution in [0.15, 0.2) is 35.4 Å². The highest BCUT2D eigenvalue weighted by Gasteiger charge is 2.35. The van der Waals surface area contributed by atoms with Crippen molar-refractivity contribution in [2.75, 3.05) is 0 Å².